The first kappa shape index (κ1) is 42.5. The molecule has 1 atom stereocenters. The van der Waals surface area contributed by atoms with Crippen molar-refractivity contribution in [1.29, 1.82) is 0 Å². The predicted molar refractivity (Wildman–Crippen MR) is 282 cm³/mol. The first-order valence-corrected chi connectivity index (χ1v) is 25.2. The molecule has 3 aromatic heterocycles. The first-order chi connectivity index (χ1) is 29.7. The van der Waals surface area contributed by atoms with Gasteiger partial charge in [0.25, 0.3) is 13.4 Å². The Morgan fingerprint density at radius 2 is 0.774 bits per heavy atom. The molecule has 5 heteroatoms. The van der Waals surface area contributed by atoms with Gasteiger partial charge in [0.15, 0.2) is 0 Å². The highest BCUT2D eigenvalue weighted by Gasteiger charge is 2.34. The Balaban J connectivity index is 1.26. The van der Waals surface area contributed by atoms with Crippen LogP contribution in [0.3, 0.4) is 0 Å². The van der Waals surface area contributed by atoms with E-state index in [1.54, 1.807) is 5.30 Å². The lowest BCUT2D eigenvalue weighted by molar-refractivity contribution is 1.34. The van der Waals surface area contributed by atoms with E-state index in [2.05, 4.69) is 198 Å². The number of rotatable bonds is 9. The molecule has 3 heterocycles. The van der Waals surface area contributed by atoms with Crippen molar-refractivity contribution in [3.63, 3.8) is 0 Å². The highest BCUT2D eigenvalue weighted by molar-refractivity contribution is 7.64. The lowest BCUT2D eigenvalue weighted by Gasteiger charge is -2.23. The summed E-state index contributed by atoms with van der Waals surface area (Å²) >= 11 is 4.07. The van der Waals surface area contributed by atoms with E-state index in [-0.39, 0.29) is 13.4 Å². The molecule has 0 nitrogen and oxygen atoms in total. The lowest BCUT2D eigenvalue weighted by Crippen LogP contribution is -2.54. The average molecular weight is 859 g/mol. The van der Waals surface area contributed by atoms with E-state index in [9.17, 15) is 0 Å². The summed E-state index contributed by atoms with van der Waals surface area (Å²) in [5.41, 5.74) is 25.1. The van der Waals surface area contributed by atoms with Gasteiger partial charge >= 0.3 is 0 Å². The number of hydrogen-bond acceptors (Lipinski definition) is 2. The number of allylic oxidation sites excluding steroid dienone is 1. The number of aryl methyl sites for hydroxylation is 12. The maximum absolute atomic E-state index is 2.48. The molecule has 0 radical (unpaired) electrons. The first-order valence-electron chi connectivity index (χ1n) is 22.2. The van der Waals surface area contributed by atoms with E-state index in [0.29, 0.717) is 0 Å². The Morgan fingerprint density at radius 1 is 0.419 bits per heavy atom. The molecule has 5 aromatic carbocycles. The summed E-state index contributed by atoms with van der Waals surface area (Å²) in [5.74, 6) is 0. The lowest BCUT2D eigenvalue weighted by atomic mass is 9.37. The summed E-state index contributed by atoms with van der Waals surface area (Å²) in [7, 11) is -0.820. The van der Waals surface area contributed by atoms with Crippen molar-refractivity contribution < 1.29 is 0 Å². The minimum atomic E-state index is -0.820. The van der Waals surface area contributed by atoms with Gasteiger partial charge in [0.1, 0.15) is 0 Å². The standard InChI is InChI=1S/C57H57B2PS2/c1-33-25-37(5)52(38(6)26-33)58(53-39(7)27-34(2)28-40(53)8)50-23-21-48(61-50)56-46-19-16-20-47(46)57(60(56)45-17-14-13-15-18-45)49-22-24-51(62-49)59(54-41(9)29-35(3)30-42(54)10)55-43(11)31-36(4)32-44(55)12/h13-19,21-32H,20H2,1-12H3. The van der Waals surface area contributed by atoms with Gasteiger partial charge in [-0.2, -0.15) is 0 Å². The van der Waals surface area contributed by atoms with Gasteiger partial charge in [-0.3, -0.25) is 0 Å². The third-order valence-corrected chi connectivity index (χ3v) is 18.7. The van der Waals surface area contributed by atoms with Gasteiger partial charge in [0, 0.05) is 20.3 Å². The quantitative estimate of drug-likeness (QED) is 0.127. The minimum Gasteiger partial charge on any atom is -0.149 e. The van der Waals surface area contributed by atoms with E-state index in [1.165, 1.54) is 130 Å². The van der Waals surface area contributed by atoms with Crippen LogP contribution in [0, 0.1) is 83.1 Å². The molecule has 1 unspecified atom stereocenters. The summed E-state index contributed by atoms with van der Waals surface area (Å²) in [6.07, 6.45) is 5.84. The van der Waals surface area contributed by atoms with Crippen LogP contribution < -0.4 is 31.4 Å². The third-order valence-electron chi connectivity index (χ3n) is 13.3. The molecular weight excluding hydrogens is 801 g/mol. The topological polar surface area (TPSA) is 0 Å². The zero-order chi connectivity index (χ0) is 43.7. The van der Waals surface area contributed by atoms with Crippen LogP contribution in [0.4, 0.5) is 0 Å². The molecule has 62 heavy (non-hydrogen) atoms. The summed E-state index contributed by atoms with van der Waals surface area (Å²) in [5, 5.41) is 4.50. The van der Waals surface area contributed by atoms with Crippen molar-refractivity contribution in [3.05, 3.63) is 187 Å². The van der Waals surface area contributed by atoms with Crippen LogP contribution in [-0.4, -0.2) is 13.4 Å². The van der Waals surface area contributed by atoms with Crippen LogP contribution in [0.5, 0.6) is 0 Å². The Morgan fingerprint density at radius 3 is 1.15 bits per heavy atom. The van der Waals surface area contributed by atoms with Crippen LogP contribution >= 0.6 is 30.2 Å². The maximum atomic E-state index is 2.48. The smallest absolute Gasteiger partial charge is 0.149 e. The normalized spacial score (nSPS) is 12.4. The largest absolute Gasteiger partial charge is 0.255 e. The fourth-order valence-corrected chi connectivity index (χ4v) is 17.1. The van der Waals surface area contributed by atoms with Gasteiger partial charge in [0.2, 0.25) is 0 Å². The summed E-state index contributed by atoms with van der Waals surface area (Å²) in [6, 6.07) is 40.4. The highest BCUT2D eigenvalue weighted by atomic mass is 32.1. The molecule has 0 saturated carbocycles. The van der Waals surface area contributed by atoms with Crippen LogP contribution in [0.25, 0.3) is 31.7 Å². The SMILES string of the molecule is Cc1cc(C)c(B(c2ccc(-c3c4c(c(-c5ccc(B(c6c(C)cc(C)cc6C)c6c(C)cc(C)cc6C)s5)p3-c3ccccc3)CC=C4)s2)c2c(C)cc(C)cc2C)c(C)c1. The molecule has 308 valence electrons. The van der Waals surface area contributed by atoms with Crippen molar-refractivity contribution >= 4 is 81.1 Å². The molecule has 8 aromatic rings. The minimum absolute atomic E-state index is 0.162. The molecule has 9 rings (SSSR count). The third kappa shape index (κ3) is 7.47. The Hall–Kier alpha value is -4.85. The zero-order valence-electron chi connectivity index (χ0n) is 38.6. The predicted octanol–water partition coefficient (Wildman–Crippen LogP) is 12.4. The summed E-state index contributed by atoms with van der Waals surface area (Å²) in [6.45, 7) is 27.8. The summed E-state index contributed by atoms with van der Waals surface area (Å²) < 4.78 is 2.85. The zero-order valence-corrected chi connectivity index (χ0v) is 41.1. The Bertz CT molecular complexity index is 2870. The van der Waals surface area contributed by atoms with E-state index in [0.717, 1.165) is 6.42 Å². The summed E-state index contributed by atoms with van der Waals surface area (Å²) in [4.78, 5) is 2.83. The van der Waals surface area contributed by atoms with Gasteiger partial charge in [-0.25, -0.2) is 0 Å². The molecule has 0 fully saturated rings. The molecule has 0 N–H and O–H groups in total. The fourth-order valence-electron chi connectivity index (χ4n) is 11.4. The molecular formula is C57H57B2PS2. The van der Waals surface area contributed by atoms with Crippen molar-refractivity contribution in [1.82, 2.24) is 0 Å². The van der Waals surface area contributed by atoms with Crippen LogP contribution in [0.1, 0.15) is 77.9 Å². The Kier molecular flexibility index (Phi) is 11.4. The van der Waals surface area contributed by atoms with E-state index >= 15 is 0 Å². The van der Waals surface area contributed by atoms with Crippen molar-refractivity contribution in [2.45, 2.75) is 89.5 Å². The monoisotopic (exact) mass is 858 g/mol. The second-order valence-corrected chi connectivity index (χ2v) is 22.7. The average Bonchev–Trinajstić information content (AvgIpc) is 4.01. The van der Waals surface area contributed by atoms with Gasteiger partial charge in [-0.05, 0) is 128 Å². The molecule has 0 spiro atoms. The number of benzene rings is 5. The van der Waals surface area contributed by atoms with Gasteiger partial charge in [-0.1, -0.05) is 199 Å². The number of hydrogen-bond donors (Lipinski definition) is 0. The molecule has 0 saturated heterocycles. The van der Waals surface area contributed by atoms with Gasteiger partial charge < -0.3 is 0 Å². The fraction of sp³-hybridized carbons (Fsp3) is 0.228. The second-order valence-electron chi connectivity index (χ2n) is 18.4. The molecule has 1 aliphatic rings. The Labute approximate surface area is 381 Å². The van der Waals surface area contributed by atoms with Gasteiger partial charge in [0.05, 0.1) is 0 Å². The van der Waals surface area contributed by atoms with E-state index in [4.69, 9.17) is 0 Å². The number of thiophene rings is 2. The molecule has 0 amide bonds. The van der Waals surface area contributed by atoms with Crippen molar-refractivity contribution in [2.24, 2.45) is 0 Å². The highest BCUT2D eigenvalue weighted by Crippen LogP contribution is 2.63. The van der Waals surface area contributed by atoms with E-state index in [1.807, 2.05) is 22.7 Å². The molecule has 1 aliphatic carbocycles. The van der Waals surface area contributed by atoms with E-state index < -0.39 is 7.53 Å². The van der Waals surface area contributed by atoms with Crippen LogP contribution in [0.2, 0.25) is 0 Å². The van der Waals surface area contributed by atoms with Crippen molar-refractivity contribution in [3.8, 4) is 25.6 Å². The van der Waals surface area contributed by atoms with Crippen LogP contribution in [-0.2, 0) is 6.42 Å². The van der Waals surface area contributed by atoms with Gasteiger partial charge in [-0.15, -0.1) is 22.7 Å². The van der Waals surface area contributed by atoms with Crippen molar-refractivity contribution in [2.75, 3.05) is 0 Å². The maximum Gasteiger partial charge on any atom is 0.255 e. The molecule has 0 bridgehead atoms. The number of fused-ring (bicyclic) bond motifs is 1. The van der Waals surface area contributed by atoms with Crippen LogP contribution in [0.15, 0.2) is 109 Å². The second kappa shape index (κ2) is 16.7. The molecule has 0 aliphatic heterocycles.